The van der Waals surface area contributed by atoms with Crippen molar-refractivity contribution in [3.05, 3.63) is 151 Å². The Hall–Kier alpha value is -5.48. The van der Waals surface area contributed by atoms with Crippen LogP contribution in [0, 0.1) is 13.8 Å². The second kappa shape index (κ2) is 10.7. The van der Waals surface area contributed by atoms with Crippen molar-refractivity contribution < 1.29 is 4.42 Å². The molecule has 208 valence electrons. The average molecular weight is 564 g/mol. The predicted octanol–water partition coefficient (Wildman–Crippen LogP) is 8.00. The van der Waals surface area contributed by atoms with Gasteiger partial charge in [0.1, 0.15) is 5.58 Å². The standard InChI is InChI=1S/C40H29BN2O/c1-26-12-3-6-19-33(26)41(34-20-7-4-13-27(34)2)31-17-10-15-29(25-31)28-14-9-16-30(24-28)37-38-32-18-5-8-22-36(32)44-40(38)43-35-21-11-23-42-39(35)37/h3-25H,1-2H3. The van der Waals surface area contributed by atoms with Gasteiger partial charge >= 0.3 is 0 Å². The first kappa shape index (κ1) is 26.2. The summed E-state index contributed by atoms with van der Waals surface area (Å²) in [6, 6.07) is 47.4. The third-order valence-electron chi connectivity index (χ3n) is 8.78. The molecule has 3 nitrogen and oxygen atoms in total. The summed E-state index contributed by atoms with van der Waals surface area (Å²) in [5.41, 5.74) is 14.1. The third kappa shape index (κ3) is 4.39. The smallest absolute Gasteiger partial charge is 0.241 e. The molecule has 0 radical (unpaired) electrons. The van der Waals surface area contributed by atoms with Crippen LogP contribution >= 0.6 is 0 Å². The van der Waals surface area contributed by atoms with Crippen LogP contribution in [0.5, 0.6) is 0 Å². The van der Waals surface area contributed by atoms with Crippen LogP contribution in [0.25, 0.3) is 55.4 Å². The fourth-order valence-electron chi connectivity index (χ4n) is 6.64. The van der Waals surface area contributed by atoms with Crippen LogP contribution in [0.3, 0.4) is 0 Å². The molecular weight excluding hydrogens is 535 g/mol. The minimum Gasteiger partial charge on any atom is -0.438 e. The summed E-state index contributed by atoms with van der Waals surface area (Å²) < 4.78 is 6.24. The number of rotatable bonds is 5. The van der Waals surface area contributed by atoms with Crippen LogP contribution in [0.1, 0.15) is 11.1 Å². The van der Waals surface area contributed by atoms with Gasteiger partial charge in [-0.1, -0.05) is 137 Å². The van der Waals surface area contributed by atoms with Gasteiger partial charge in [0, 0.05) is 17.1 Å². The van der Waals surface area contributed by atoms with Crippen molar-refractivity contribution in [2.45, 2.75) is 13.8 Å². The Morgan fingerprint density at radius 3 is 2.02 bits per heavy atom. The van der Waals surface area contributed by atoms with Crippen LogP contribution in [-0.2, 0) is 0 Å². The molecule has 0 fully saturated rings. The molecule has 4 heteroatoms. The second-order valence-electron chi connectivity index (χ2n) is 11.5. The summed E-state index contributed by atoms with van der Waals surface area (Å²) in [6.07, 6.45) is 1.84. The highest BCUT2D eigenvalue weighted by atomic mass is 16.3. The lowest BCUT2D eigenvalue weighted by Gasteiger charge is -2.20. The van der Waals surface area contributed by atoms with E-state index in [0.29, 0.717) is 5.71 Å². The molecule has 8 aromatic rings. The number of hydrogen-bond donors (Lipinski definition) is 0. The van der Waals surface area contributed by atoms with Crippen molar-refractivity contribution in [2.24, 2.45) is 0 Å². The van der Waals surface area contributed by atoms with Gasteiger partial charge in [0.2, 0.25) is 12.4 Å². The molecule has 0 aliphatic heterocycles. The molecule has 0 amide bonds. The molecule has 8 rings (SSSR count). The van der Waals surface area contributed by atoms with Crippen LogP contribution in [0.15, 0.2) is 144 Å². The Kier molecular flexibility index (Phi) is 6.34. The van der Waals surface area contributed by atoms with E-state index in [2.05, 4.69) is 117 Å². The highest BCUT2D eigenvalue weighted by Gasteiger charge is 2.25. The van der Waals surface area contributed by atoms with E-state index in [1.807, 2.05) is 36.5 Å². The molecule has 0 atom stereocenters. The van der Waals surface area contributed by atoms with Gasteiger partial charge in [0.05, 0.1) is 16.4 Å². The Morgan fingerprint density at radius 1 is 0.591 bits per heavy atom. The zero-order valence-corrected chi connectivity index (χ0v) is 24.7. The van der Waals surface area contributed by atoms with E-state index in [4.69, 9.17) is 14.4 Å². The molecule has 0 unspecified atom stereocenters. The van der Waals surface area contributed by atoms with Gasteiger partial charge in [-0.25, -0.2) is 4.98 Å². The molecule has 3 aromatic heterocycles. The Morgan fingerprint density at radius 2 is 1.25 bits per heavy atom. The van der Waals surface area contributed by atoms with Crippen LogP contribution in [-0.4, -0.2) is 16.7 Å². The predicted molar refractivity (Wildman–Crippen MR) is 185 cm³/mol. The van der Waals surface area contributed by atoms with Crippen molar-refractivity contribution in [3.63, 3.8) is 0 Å². The maximum atomic E-state index is 6.24. The number of fused-ring (bicyclic) bond motifs is 4. The van der Waals surface area contributed by atoms with Gasteiger partial charge < -0.3 is 4.42 Å². The van der Waals surface area contributed by atoms with E-state index < -0.39 is 0 Å². The molecule has 0 saturated heterocycles. The van der Waals surface area contributed by atoms with E-state index in [1.54, 1.807) is 0 Å². The van der Waals surface area contributed by atoms with E-state index in [0.717, 1.165) is 44.1 Å². The molecule has 0 aliphatic rings. The van der Waals surface area contributed by atoms with Gasteiger partial charge in [0.15, 0.2) is 0 Å². The van der Waals surface area contributed by atoms with Crippen LogP contribution < -0.4 is 16.4 Å². The topological polar surface area (TPSA) is 38.9 Å². The number of nitrogens with zero attached hydrogens (tertiary/aromatic N) is 2. The van der Waals surface area contributed by atoms with Gasteiger partial charge in [0.25, 0.3) is 0 Å². The van der Waals surface area contributed by atoms with Crippen molar-refractivity contribution >= 4 is 56.2 Å². The number of benzene rings is 5. The lowest BCUT2D eigenvalue weighted by molar-refractivity contribution is 0.656. The van der Waals surface area contributed by atoms with E-state index in [1.165, 1.54) is 33.1 Å². The highest BCUT2D eigenvalue weighted by molar-refractivity contribution is 6.96. The van der Waals surface area contributed by atoms with Gasteiger partial charge in [-0.05, 0) is 54.8 Å². The average Bonchev–Trinajstić information content (AvgIpc) is 3.44. The Bertz CT molecular complexity index is 2290. The first-order valence-corrected chi connectivity index (χ1v) is 15.0. The molecule has 0 spiro atoms. The Balaban J connectivity index is 1.32. The molecule has 5 aromatic carbocycles. The summed E-state index contributed by atoms with van der Waals surface area (Å²) in [5.74, 6) is 0. The minimum atomic E-state index is 0.130. The number of aromatic nitrogens is 2. The lowest BCUT2D eigenvalue weighted by Crippen LogP contribution is -2.53. The molecule has 0 N–H and O–H groups in total. The molecular formula is C40H29BN2O. The third-order valence-corrected chi connectivity index (χ3v) is 8.78. The SMILES string of the molecule is Cc1ccccc1B(c1cccc(-c2cccc(-c3c4ncccc4nc4oc5ccccc5c34)c2)c1)c1ccccc1C. The summed E-state index contributed by atoms with van der Waals surface area (Å²) in [6.45, 7) is 4.55. The van der Waals surface area contributed by atoms with E-state index in [-0.39, 0.29) is 6.71 Å². The van der Waals surface area contributed by atoms with Crippen LogP contribution in [0.2, 0.25) is 0 Å². The van der Waals surface area contributed by atoms with Crippen molar-refractivity contribution in [1.82, 2.24) is 9.97 Å². The summed E-state index contributed by atoms with van der Waals surface area (Å²) in [5, 5.41) is 2.04. The molecule has 0 aliphatic carbocycles. The fourth-order valence-corrected chi connectivity index (χ4v) is 6.64. The Labute approximate surface area is 256 Å². The second-order valence-corrected chi connectivity index (χ2v) is 11.5. The van der Waals surface area contributed by atoms with Crippen molar-refractivity contribution in [1.29, 1.82) is 0 Å². The maximum Gasteiger partial charge on any atom is 0.241 e. The molecule has 0 saturated carbocycles. The van der Waals surface area contributed by atoms with E-state index >= 15 is 0 Å². The largest absolute Gasteiger partial charge is 0.438 e. The number of pyridine rings is 2. The number of hydrogen-bond acceptors (Lipinski definition) is 3. The summed E-state index contributed by atoms with van der Waals surface area (Å²) in [7, 11) is 0. The van der Waals surface area contributed by atoms with Crippen LogP contribution in [0.4, 0.5) is 0 Å². The normalized spacial score (nSPS) is 11.4. The first-order chi connectivity index (χ1) is 21.7. The van der Waals surface area contributed by atoms with Gasteiger partial charge in [-0.15, -0.1) is 0 Å². The van der Waals surface area contributed by atoms with Crippen molar-refractivity contribution in [2.75, 3.05) is 0 Å². The first-order valence-electron chi connectivity index (χ1n) is 15.0. The number of para-hydroxylation sites is 1. The van der Waals surface area contributed by atoms with Gasteiger partial charge in [-0.2, -0.15) is 0 Å². The fraction of sp³-hybridized carbons (Fsp3) is 0.0500. The zero-order chi connectivity index (χ0) is 29.6. The summed E-state index contributed by atoms with van der Waals surface area (Å²) in [4.78, 5) is 9.67. The zero-order valence-electron chi connectivity index (χ0n) is 24.7. The molecule has 3 heterocycles. The summed E-state index contributed by atoms with van der Waals surface area (Å²) >= 11 is 0. The van der Waals surface area contributed by atoms with Gasteiger partial charge in [-0.3, -0.25) is 4.98 Å². The quantitative estimate of drug-likeness (QED) is 0.199. The van der Waals surface area contributed by atoms with Crippen molar-refractivity contribution in [3.8, 4) is 22.3 Å². The maximum absolute atomic E-state index is 6.24. The lowest BCUT2D eigenvalue weighted by atomic mass is 9.35. The molecule has 0 bridgehead atoms. The number of furan rings is 1. The number of aryl methyl sites for hydroxylation is 2. The highest BCUT2D eigenvalue weighted by Crippen LogP contribution is 2.40. The minimum absolute atomic E-state index is 0.130. The molecule has 44 heavy (non-hydrogen) atoms. The monoisotopic (exact) mass is 564 g/mol. The van der Waals surface area contributed by atoms with E-state index in [9.17, 15) is 0 Å².